The van der Waals surface area contributed by atoms with Gasteiger partial charge in [0, 0.05) is 24.1 Å². The van der Waals surface area contributed by atoms with Gasteiger partial charge in [-0.15, -0.1) is 0 Å². The number of benzene rings is 1. The zero-order chi connectivity index (χ0) is 14.2. The van der Waals surface area contributed by atoms with Crippen molar-refractivity contribution in [3.63, 3.8) is 0 Å². The second-order valence-corrected chi connectivity index (χ2v) is 5.30. The molecular formula is C17H25N3. The first-order valence-electron chi connectivity index (χ1n) is 7.64. The summed E-state index contributed by atoms with van der Waals surface area (Å²) >= 11 is 0. The van der Waals surface area contributed by atoms with Crippen molar-refractivity contribution in [3.05, 3.63) is 48.3 Å². The van der Waals surface area contributed by atoms with Gasteiger partial charge in [0.2, 0.25) is 0 Å². The molecule has 2 rings (SSSR count). The Balaban J connectivity index is 1.97. The van der Waals surface area contributed by atoms with Crippen molar-refractivity contribution in [2.24, 2.45) is 0 Å². The smallest absolute Gasteiger partial charge is 0.0660 e. The van der Waals surface area contributed by atoms with Gasteiger partial charge >= 0.3 is 0 Å². The Hall–Kier alpha value is -1.77. The van der Waals surface area contributed by atoms with Crippen LogP contribution < -0.4 is 5.32 Å². The SMILES string of the molecule is CCCCC(CC)Nc1cccc(Cn2cccn2)c1. The molecular weight excluding hydrogens is 246 g/mol. The number of nitrogens with one attached hydrogen (secondary N) is 1. The van der Waals surface area contributed by atoms with E-state index in [-0.39, 0.29) is 0 Å². The lowest BCUT2D eigenvalue weighted by molar-refractivity contribution is 0.593. The van der Waals surface area contributed by atoms with Crippen LogP contribution in [-0.4, -0.2) is 15.8 Å². The minimum Gasteiger partial charge on any atom is -0.382 e. The van der Waals surface area contributed by atoms with E-state index in [1.807, 2.05) is 23.1 Å². The molecule has 1 aromatic carbocycles. The molecule has 0 aliphatic rings. The summed E-state index contributed by atoms with van der Waals surface area (Å²) in [4.78, 5) is 0. The van der Waals surface area contributed by atoms with Gasteiger partial charge in [-0.2, -0.15) is 5.10 Å². The molecule has 0 radical (unpaired) electrons. The molecule has 0 bridgehead atoms. The zero-order valence-corrected chi connectivity index (χ0v) is 12.5. The predicted octanol–water partition coefficient (Wildman–Crippen LogP) is 4.31. The van der Waals surface area contributed by atoms with E-state index in [0.29, 0.717) is 6.04 Å². The number of nitrogens with zero attached hydrogens (tertiary/aromatic N) is 2. The van der Waals surface area contributed by atoms with Gasteiger partial charge in [-0.25, -0.2) is 0 Å². The highest BCUT2D eigenvalue weighted by molar-refractivity contribution is 5.46. The Morgan fingerprint density at radius 1 is 1.25 bits per heavy atom. The standard InChI is InChI=1S/C17H25N3/c1-3-5-9-16(4-2)19-17-10-6-8-15(13-17)14-20-12-7-11-18-20/h6-8,10-13,16,19H,3-5,9,14H2,1-2H3. The minimum absolute atomic E-state index is 0.579. The normalized spacial score (nSPS) is 12.3. The highest BCUT2D eigenvalue weighted by Crippen LogP contribution is 2.16. The minimum atomic E-state index is 0.579. The molecule has 0 fully saturated rings. The summed E-state index contributed by atoms with van der Waals surface area (Å²) in [7, 11) is 0. The van der Waals surface area contributed by atoms with Gasteiger partial charge in [-0.05, 0) is 36.6 Å². The highest BCUT2D eigenvalue weighted by atomic mass is 15.3. The van der Waals surface area contributed by atoms with E-state index < -0.39 is 0 Å². The van der Waals surface area contributed by atoms with Crippen LogP contribution in [0.4, 0.5) is 5.69 Å². The zero-order valence-electron chi connectivity index (χ0n) is 12.5. The fourth-order valence-electron chi connectivity index (χ4n) is 2.41. The summed E-state index contributed by atoms with van der Waals surface area (Å²) in [5.74, 6) is 0. The van der Waals surface area contributed by atoms with E-state index in [0.717, 1.165) is 6.54 Å². The topological polar surface area (TPSA) is 29.9 Å². The quantitative estimate of drug-likeness (QED) is 0.775. The van der Waals surface area contributed by atoms with Crippen LogP contribution in [0, 0.1) is 0 Å². The number of hydrogen-bond donors (Lipinski definition) is 1. The van der Waals surface area contributed by atoms with Gasteiger partial charge in [0.15, 0.2) is 0 Å². The lowest BCUT2D eigenvalue weighted by atomic mass is 10.1. The average Bonchev–Trinajstić information content (AvgIpc) is 2.96. The highest BCUT2D eigenvalue weighted by Gasteiger charge is 2.06. The van der Waals surface area contributed by atoms with Crippen molar-refractivity contribution >= 4 is 5.69 Å². The lowest BCUT2D eigenvalue weighted by Gasteiger charge is -2.18. The molecule has 1 N–H and O–H groups in total. The van der Waals surface area contributed by atoms with E-state index in [9.17, 15) is 0 Å². The maximum absolute atomic E-state index is 4.26. The largest absolute Gasteiger partial charge is 0.382 e. The third-order valence-electron chi connectivity index (χ3n) is 3.60. The van der Waals surface area contributed by atoms with Crippen molar-refractivity contribution in [3.8, 4) is 0 Å². The molecule has 1 aromatic heterocycles. The van der Waals surface area contributed by atoms with Gasteiger partial charge in [0.25, 0.3) is 0 Å². The average molecular weight is 271 g/mol. The molecule has 108 valence electrons. The predicted molar refractivity (Wildman–Crippen MR) is 85.0 cm³/mol. The Labute approximate surface area is 122 Å². The van der Waals surface area contributed by atoms with Gasteiger partial charge in [-0.1, -0.05) is 38.8 Å². The number of unbranched alkanes of at least 4 members (excludes halogenated alkanes) is 1. The molecule has 0 spiro atoms. The van der Waals surface area contributed by atoms with E-state index in [1.165, 1.54) is 36.9 Å². The van der Waals surface area contributed by atoms with Crippen LogP contribution in [0.25, 0.3) is 0 Å². The number of rotatable bonds is 8. The molecule has 3 nitrogen and oxygen atoms in total. The summed E-state index contributed by atoms with van der Waals surface area (Å²) < 4.78 is 1.95. The van der Waals surface area contributed by atoms with Crippen LogP contribution in [0.5, 0.6) is 0 Å². The Bertz CT molecular complexity index is 491. The Morgan fingerprint density at radius 2 is 2.15 bits per heavy atom. The van der Waals surface area contributed by atoms with Crippen LogP contribution >= 0.6 is 0 Å². The molecule has 20 heavy (non-hydrogen) atoms. The van der Waals surface area contributed by atoms with E-state index in [1.54, 1.807) is 0 Å². The molecule has 0 aliphatic carbocycles. The van der Waals surface area contributed by atoms with Crippen LogP contribution in [0.3, 0.4) is 0 Å². The molecule has 0 saturated carbocycles. The lowest BCUT2D eigenvalue weighted by Crippen LogP contribution is -2.18. The fraction of sp³-hybridized carbons (Fsp3) is 0.471. The van der Waals surface area contributed by atoms with Gasteiger partial charge in [0.1, 0.15) is 0 Å². The van der Waals surface area contributed by atoms with Gasteiger partial charge in [-0.3, -0.25) is 4.68 Å². The Kier molecular flexibility index (Phi) is 5.66. The maximum atomic E-state index is 4.26. The molecule has 1 unspecified atom stereocenters. The maximum Gasteiger partial charge on any atom is 0.0660 e. The third kappa shape index (κ3) is 4.41. The van der Waals surface area contributed by atoms with Crippen molar-refractivity contribution in [1.29, 1.82) is 0 Å². The van der Waals surface area contributed by atoms with Crippen LogP contribution in [0.1, 0.15) is 45.1 Å². The number of anilines is 1. The second kappa shape index (κ2) is 7.73. The monoisotopic (exact) mass is 271 g/mol. The molecule has 0 aliphatic heterocycles. The fourth-order valence-corrected chi connectivity index (χ4v) is 2.41. The summed E-state index contributed by atoms with van der Waals surface area (Å²) in [6.45, 7) is 5.33. The van der Waals surface area contributed by atoms with Crippen molar-refractivity contribution in [2.75, 3.05) is 5.32 Å². The number of aromatic nitrogens is 2. The van der Waals surface area contributed by atoms with E-state index in [2.05, 4.69) is 48.5 Å². The van der Waals surface area contributed by atoms with Crippen LogP contribution in [0.15, 0.2) is 42.7 Å². The first-order chi connectivity index (χ1) is 9.81. The van der Waals surface area contributed by atoms with E-state index in [4.69, 9.17) is 0 Å². The van der Waals surface area contributed by atoms with Gasteiger partial charge in [0.05, 0.1) is 6.54 Å². The molecule has 0 saturated heterocycles. The molecule has 1 heterocycles. The molecule has 2 aromatic rings. The first-order valence-corrected chi connectivity index (χ1v) is 7.64. The van der Waals surface area contributed by atoms with Crippen LogP contribution in [0.2, 0.25) is 0 Å². The van der Waals surface area contributed by atoms with Crippen molar-refractivity contribution in [2.45, 2.75) is 52.1 Å². The Morgan fingerprint density at radius 3 is 2.85 bits per heavy atom. The summed E-state index contributed by atoms with van der Waals surface area (Å²) in [5, 5.41) is 7.91. The summed E-state index contributed by atoms with van der Waals surface area (Å²) in [5.41, 5.74) is 2.50. The van der Waals surface area contributed by atoms with Gasteiger partial charge < -0.3 is 5.32 Å². The van der Waals surface area contributed by atoms with Crippen molar-refractivity contribution < 1.29 is 0 Å². The number of hydrogen-bond acceptors (Lipinski definition) is 2. The molecule has 0 amide bonds. The first kappa shape index (κ1) is 14.6. The second-order valence-electron chi connectivity index (χ2n) is 5.30. The van der Waals surface area contributed by atoms with Crippen molar-refractivity contribution in [1.82, 2.24) is 9.78 Å². The summed E-state index contributed by atoms with van der Waals surface area (Å²) in [6.07, 6.45) is 8.78. The third-order valence-corrected chi connectivity index (χ3v) is 3.60. The van der Waals surface area contributed by atoms with Crippen LogP contribution in [-0.2, 0) is 6.54 Å². The molecule has 1 atom stereocenters. The molecule has 3 heteroatoms. The van der Waals surface area contributed by atoms with E-state index >= 15 is 0 Å². The summed E-state index contributed by atoms with van der Waals surface area (Å²) in [6, 6.07) is 11.2.